The highest BCUT2D eigenvalue weighted by Crippen LogP contribution is 2.48. The van der Waals surface area contributed by atoms with Gasteiger partial charge in [0.15, 0.2) is 0 Å². The third-order valence-corrected chi connectivity index (χ3v) is 6.45. The monoisotopic (exact) mass is 389 g/mol. The van der Waals surface area contributed by atoms with Gasteiger partial charge >= 0.3 is 5.97 Å². The summed E-state index contributed by atoms with van der Waals surface area (Å²) in [5.74, 6) is 1.63. The Morgan fingerprint density at radius 3 is 2.88 bits per heavy atom. The SMILES string of the molecule is O=C(O)C1C[C@@H]1c1ccc(OCc2cccnc2SCC2CC2)c(Cl)c1. The number of benzene rings is 1. The largest absolute Gasteiger partial charge is 0.487 e. The molecule has 4 nitrogen and oxygen atoms in total. The van der Waals surface area contributed by atoms with Gasteiger partial charge in [0, 0.05) is 17.5 Å². The predicted octanol–water partition coefficient (Wildman–Crippen LogP) is 5.00. The number of nitrogens with zero attached hydrogens (tertiary/aromatic N) is 1. The first-order valence-corrected chi connectivity index (χ1v) is 10.2. The number of rotatable bonds is 8. The summed E-state index contributed by atoms with van der Waals surface area (Å²) in [6.07, 6.45) is 5.16. The first kappa shape index (κ1) is 17.7. The predicted molar refractivity (Wildman–Crippen MR) is 102 cm³/mol. The molecule has 0 radical (unpaired) electrons. The Morgan fingerprint density at radius 1 is 1.35 bits per heavy atom. The van der Waals surface area contributed by atoms with Crippen LogP contribution in [0, 0.1) is 11.8 Å². The Balaban J connectivity index is 1.39. The summed E-state index contributed by atoms with van der Waals surface area (Å²) >= 11 is 8.15. The normalized spacial score (nSPS) is 21.4. The van der Waals surface area contributed by atoms with Crippen LogP contribution in [0.3, 0.4) is 0 Å². The minimum absolute atomic E-state index is 0.0720. The Morgan fingerprint density at radius 2 is 2.19 bits per heavy atom. The number of ether oxygens (including phenoxy) is 1. The van der Waals surface area contributed by atoms with Crippen LogP contribution >= 0.6 is 23.4 Å². The molecule has 0 saturated heterocycles. The number of halogens is 1. The molecule has 2 aromatic rings. The van der Waals surface area contributed by atoms with Crippen molar-refractivity contribution in [1.29, 1.82) is 0 Å². The van der Waals surface area contributed by atoms with Crippen LogP contribution in [0.5, 0.6) is 5.75 Å². The maximum absolute atomic E-state index is 11.0. The van der Waals surface area contributed by atoms with Crippen molar-refractivity contribution in [2.75, 3.05) is 5.75 Å². The van der Waals surface area contributed by atoms with Crippen LogP contribution in [0.2, 0.25) is 5.02 Å². The topological polar surface area (TPSA) is 59.4 Å². The first-order chi connectivity index (χ1) is 12.6. The van der Waals surface area contributed by atoms with Gasteiger partial charge in [0.2, 0.25) is 0 Å². The summed E-state index contributed by atoms with van der Waals surface area (Å²) in [6, 6.07) is 9.54. The molecule has 0 spiro atoms. The number of carboxylic acid groups (broad SMARTS) is 1. The van der Waals surface area contributed by atoms with E-state index in [9.17, 15) is 4.79 Å². The van der Waals surface area contributed by atoms with Crippen LogP contribution in [-0.4, -0.2) is 21.8 Å². The molecule has 1 unspecified atom stereocenters. The van der Waals surface area contributed by atoms with Crippen LogP contribution in [0.25, 0.3) is 0 Å². The van der Waals surface area contributed by atoms with Gasteiger partial charge in [0.1, 0.15) is 17.4 Å². The molecule has 1 aromatic carbocycles. The lowest BCUT2D eigenvalue weighted by atomic mass is 10.1. The molecule has 136 valence electrons. The minimum Gasteiger partial charge on any atom is -0.487 e. The number of thioether (sulfide) groups is 1. The zero-order valence-electron chi connectivity index (χ0n) is 14.2. The van der Waals surface area contributed by atoms with E-state index in [0.29, 0.717) is 23.8 Å². The fourth-order valence-corrected chi connectivity index (χ4v) is 4.42. The number of hydrogen-bond acceptors (Lipinski definition) is 4. The molecule has 2 fully saturated rings. The fourth-order valence-electron chi connectivity index (χ4n) is 3.00. The molecule has 4 rings (SSSR count). The number of aromatic nitrogens is 1. The van der Waals surface area contributed by atoms with E-state index in [0.717, 1.165) is 27.8 Å². The lowest BCUT2D eigenvalue weighted by molar-refractivity contribution is -0.138. The van der Waals surface area contributed by atoms with E-state index in [1.54, 1.807) is 11.8 Å². The molecular formula is C20H20ClNO3S. The van der Waals surface area contributed by atoms with Crippen molar-refractivity contribution in [3.8, 4) is 5.75 Å². The van der Waals surface area contributed by atoms with E-state index in [2.05, 4.69) is 4.98 Å². The van der Waals surface area contributed by atoms with Crippen molar-refractivity contribution in [3.63, 3.8) is 0 Å². The van der Waals surface area contributed by atoms with Gasteiger partial charge < -0.3 is 9.84 Å². The lowest BCUT2D eigenvalue weighted by Crippen LogP contribution is -2.01. The Bertz CT molecular complexity index is 824. The van der Waals surface area contributed by atoms with E-state index in [4.69, 9.17) is 21.4 Å². The zero-order chi connectivity index (χ0) is 18.1. The highest BCUT2D eigenvalue weighted by molar-refractivity contribution is 7.99. The van der Waals surface area contributed by atoms with E-state index >= 15 is 0 Å². The highest BCUT2D eigenvalue weighted by atomic mass is 35.5. The summed E-state index contributed by atoms with van der Waals surface area (Å²) in [4.78, 5) is 15.5. The van der Waals surface area contributed by atoms with Crippen LogP contribution < -0.4 is 4.74 Å². The van der Waals surface area contributed by atoms with Gasteiger partial charge in [0.05, 0.1) is 10.9 Å². The van der Waals surface area contributed by atoms with E-state index in [1.165, 1.54) is 12.8 Å². The standard InChI is InChI=1S/C20H20ClNO3S/c21-17-8-13(15-9-16(15)20(23)24)5-6-18(17)25-10-14-2-1-7-22-19(14)26-11-12-3-4-12/h1-2,5-8,12,15-16H,3-4,9-11H2,(H,23,24)/t15-,16?/m1/s1. The van der Waals surface area contributed by atoms with E-state index < -0.39 is 5.97 Å². The van der Waals surface area contributed by atoms with Crippen molar-refractivity contribution in [3.05, 3.63) is 52.7 Å². The summed E-state index contributed by atoms with van der Waals surface area (Å²) in [5, 5.41) is 10.6. The van der Waals surface area contributed by atoms with E-state index in [-0.39, 0.29) is 11.8 Å². The van der Waals surface area contributed by atoms with Crippen molar-refractivity contribution in [2.24, 2.45) is 11.8 Å². The molecule has 0 bridgehead atoms. The molecule has 0 aliphatic heterocycles. The first-order valence-electron chi connectivity index (χ1n) is 8.83. The lowest BCUT2D eigenvalue weighted by Gasteiger charge is -2.12. The second-order valence-electron chi connectivity index (χ2n) is 6.99. The number of carboxylic acids is 1. The zero-order valence-corrected chi connectivity index (χ0v) is 15.8. The molecule has 1 aromatic heterocycles. The van der Waals surface area contributed by atoms with Gasteiger partial charge in [-0.15, -0.1) is 11.8 Å². The van der Waals surface area contributed by atoms with Gasteiger partial charge in [0.25, 0.3) is 0 Å². The third kappa shape index (κ3) is 4.15. The molecule has 26 heavy (non-hydrogen) atoms. The average molecular weight is 390 g/mol. The molecule has 2 aliphatic rings. The summed E-state index contributed by atoms with van der Waals surface area (Å²) in [7, 11) is 0. The molecular weight excluding hydrogens is 370 g/mol. The van der Waals surface area contributed by atoms with Crippen LogP contribution in [0.15, 0.2) is 41.6 Å². The number of carbonyl (C=O) groups is 1. The second-order valence-corrected chi connectivity index (χ2v) is 8.40. The average Bonchev–Trinajstić information content (AvgIpc) is 3.53. The molecule has 1 heterocycles. The molecule has 2 aliphatic carbocycles. The van der Waals surface area contributed by atoms with Crippen LogP contribution in [0.4, 0.5) is 0 Å². The smallest absolute Gasteiger partial charge is 0.307 e. The Kier molecular flexibility index (Phi) is 5.09. The number of aliphatic carboxylic acids is 1. The maximum atomic E-state index is 11.0. The van der Waals surface area contributed by atoms with E-state index in [1.807, 2.05) is 36.5 Å². The third-order valence-electron chi connectivity index (χ3n) is 4.88. The number of pyridine rings is 1. The van der Waals surface area contributed by atoms with Crippen molar-refractivity contribution in [1.82, 2.24) is 4.98 Å². The van der Waals surface area contributed by atoms with Crippen molar-refractivity contribution < 1.29 is 14.6 Å². The van der Waals surface area contributed by atoms with Crippen molar-refractivity contribution in [2.45, 2.75) is 36.8 Å². The summed E-state index contributed by atoms with van der Waals surface area (Å²) < 4.78 is 5.91. The molecule has 2 saturated carbocycles. The molecule has 2 atom stereocenters. The van der Waals surface area contributed by atoms with Gasteiger partial charge in [-0.25, -0.2) is 4.98 Å². The summed E-state index contributed by atoms with van der Waals surface area (Å²) in [5.41, 5.74) is 2.03. The van der Waals surface area contributed by atoms with Crippen LogP contribution in [-0.2, 0) is 11.4 Å². The second kappa shape index (κ2) is 7.49. The van der Waals surface area contributed by atoms with Crippen molar-refractivity contribution >= 4 is 29.3 Å². The van der Waals surface area contributed by atoms with Gasteiger partial charge in [-0.1, -0.05) is 23.7 Å². The van der Waals surface area contributed by atoms with Gasteiger partial charge in [-0.2, -0.15) is 0 Å². The fraction of sp³-hybridized carbons (Fsp3) is 0.400. The molecule has 1 N–H and O–H groups in total. The quantitative estimate of drug-likeness (QED) is 0.643. The minimum atomic E-state index is -0.737. The summed E-state index contributed by atoms with van der Waals surface area (Å²) in [6.45, 7) is 0.418. The van der Waals surface area contributed by atoms with Gasteiger partial charge in [-0.3, -0.25) is 4.79 Å². The van der Waals surface area contributed by atoms with Crippen LogP contribution in [0.1, 0.15) is 36.3 Å². The highest BCUT2D eigenvalue weighted by Gasteiger charge is 2.44. The molecule has 0 amide bonds. The maximum Gasteiger partial charge on any atom is 0.307 e. The number of hydrogen-bond donors (Lipinski definition) is 1. The molecule has 6 heteroatoms. The van der Waals surface area contributed by atoms with Gasteiger partial charge in [-0.05, 0) is 54.9 Å². The Hall–Kier alpha value is -1.72. The Labute approximate surface area is 161 Å².